The molecule has 1 fully saturated rings. The highest BCUT2D eigenvalue weighted by molar-refractivity contribution is 5.78. The van der Waals surface area contributed by atoms with Crippen molar-refractivity contribution in [1.82, 2.24) is 4.90 Å². The molecule has 1 aliphatic carbocycles. The summed E-state index contributed by atoms with van der Waals surface area (Å²) < 4.78 is 16.2. The van der Waals surface area contributed by atoms with Gasteiger partial charge in [-0.1, -0.05) is 12.1 Å². The van der Waals surface area contributed by atoms with Gasteiger partial charge < -0.3 is 19.1 Å². The van der Waals surface area contributed by atoms with Gasteiger partial charge in [0.2, 0.25) is 5.91 Å². The predicted molar refractivity (Wildman–Crippen MR) is 73.2 cm³/mol. The molecule has 20 heavy (non-hydrogen) atoms. The van der Waals surface area contributed by atoms with Crippen molar-refractivity contribution in [3.63, 3.8) is 0 Å². The Bertz CT molecular complexity index is 517. The third-order valence-electron chi connectivity index (χ3n) is 3.91. The van der Waals surface area contributed by atoms with Crippen LogP contribution in [0.2, 0.25) is 0 Å². The van der Waals surface area contributed by atoms with Crippen LogP contribution in [-0.2, 0) is 9.53 Å². The number of hydrogen-bond donors (Lipinski definition) is 0. The number of likely N-dealkylation sites (N-methyl/N-ethyl adjacent to an activating group) is 1. The van der Waals surface area contributed by atoms with Crippen LogP contribution >= 0.6 is 0 Å². The number of nitrogens with zero attached hydrogens (tertiary/aromatic N) is 1. The molecule has 2 unspecified atom stereocenters. The van der Waals surface area contributed by atoms with Crippen molar-refractivity contribution in [2.24, 2.45) is 0 Å². The van der Waals surface area contributed by atoms with Crippen molar-refractivity contribution in [2.45, 2.75) is 18.4 Å². The van der Waals surface area contributed by atoms with E-state index in [0.717, 1.165) is 23.5 Å². The van der Waals surface area contributed by atoms with Crippen LogP contribution in [0.3, 0.4) is 0 Å². The Morgan fingerprint density at radius 2 is 2.20 bits per heavy atom. The summed E-state index contributed by atoms with van der Waals surface area (Å²) in [4.78, 5) is 13.6. The first-order valence-electron chi connectivity index (χ1n) is 6.85. The highest BCUT2D eigenvalue weighted by Crippen LogP contribution is 2.50. The van der Waals surface area contributed by atoms with E-state index >= 15 is 0 Å². The third kappa shape index (κ3) is 2.33. The number of rotatable bonds is 4. The van der Waals surface area contributed by atoms with Crippen LogP contribution in [0, 0.1) is 0 Å². The quantitative estimate of drug-likeness (QED) is 0.835. The molecular weight excluding hydrogens is 258 g/mol. The van der Waals surface area contributed by atoms with Gasteiger partial charge in [0.25, 0.3) is 0 Å². The molecule has 1 heterocycles. The Morgan fingerprint density at radius 3 is 3.00 bits per heavy atom. The molecule has 0 N–H and O–H groups in total. The van der Waals surface area contributed by atoms with E-state index in [0.29, 0.717) is 19.1 Å². The SMILES string of the molecule is COCC(=O)N(C)C1CC1c1cccc2c1OCCO2. The van der Waals surface area contributed by atoms with Crippen LogP contribution in [0.1, 0.15) is 17.9 Å². The summed E-state index contributed by atoms with van der Waals surface area (Å²) >= 11 is 0. The van der Waals surface area contributed by atoms with Gasteiger partial charge in [-0.15, -0.1) is 0 Å². The number of carbonyl (C=O) groups excluding carboxylic acids is 1. The normalized spacial score (nSPS) is 23.3. The average molecular weight is 277 g/mol. The van der Waals surface area contributed by atoms with Crippen LogP contribution < -0.4 is 9.47 Å². The maximum absolute atomic E-state index is 11.8. The van der Waals surface area contributed by atoms with Crippen molar-refractivity contribution in [2.75, 3.05) is 34.0 Å². The highest BCUT2D eigenvalue weighted by Gasteiger charge is 2.45. The average Bonchev–Trinajstić information content (AvgIpc) is 3.26. The molecule has 1 amide bonds. The molecule has 2 aliphatic rings. The summed E-state index contributed by atoms with van der Waals surface area (Å²) in [6, 6.07) is 6.20. The molecule has 1 aliphatic heterocycles. The van der Waals surface area contributed by atoms with Gasteiger partial charge >= 0.3 is 0 Å². The van der Waals surface area contributed by atoms with Crippen LogP contribution in [0.15, 0.2) is 18.2 Å². The molecule has 5 nitrogen and oxygen atoms in total. The van der Waals surface area contributed by atoms with E-state index in [1.54, 1.807) is 4.90 Å². The molecule has 0 bridgehead atoms. The Kier molecular flexibility index (Phi) is 3.53. The van der Waals surface area contributed by atoms with Gasteiger partial charge in [-0.2, -0.15) is 0 Å². The Labute approximate surface area is 118 Å². The molecule has 1 saturated carbocycles. The molecule has 108 valence electrons. The number of para-hydroxylation sites is 1. The zero-order valence-corrected chi connectivity index (χ0v) is 11.8. The van der Waals surface area contributed by atoms with E-state index in [9.17, 15) is 4.79 Å². The first-order valence-corrected chi connectivity index (χ1v) is 6.85. The zero-order chi connectivity index (χ0) is 14.1. The standard InChI is InChI=1S/C15H19NO4/c1-16(14(17)9-18-2)12-8-11(12)10-4-3-5-13-15(10)20-7-6-19-13/h3-5,11-12H,6-9H2,1-2H3. The molecule has 0 saturated heterocycles. The summed E-state index contributed by atoms with van der Waals surface area (Å²) in [5.41, 5.74) is 1.14. The molecule has 1 aromatic carbocycles. The van der Waals surface area contributed by atoms with Gasteiger partial charge in [0.05, 0.1) is 0 Å². The van der Waals surface area contributed by atoms with Crippen LogP contribution in [0.5, 0.6) is 11.5 Å². The summed E-state index contributed by atoms with van der Waals surface area (Å²) in [6.07, 6.45) is 0.964. The number of hydrogen-bond acceptors (Lipinski definition) is 4. The van der Waals surface area contributed by atoms with Crippen molar-refractivity contribution in [1.29, 1.82) is 0 Å². The second-order valence-electron chi connectivity index (χ2n) is 5.22. The van der Waals surface area contributed by atoms with Crippen LogP contribution in [0.4, 0.5) is 0 Å². The predicted octanol–water partition coefficient (Wildman–Crippen LogP) is 1.42. The van der Waals surface area contributed by atoms with E-state index in [-0.39, 0.29) is 18.6 Å². The van der Waals surface area contributed by atoms with Crippen molar-refractivity contribution in [3.8, 4) is 11.5 Å². The minimum Gasteiger partial charge on any atom is -0.486 e. The number of carbonyl (C=O) groups is 1. The monoisotopic (exact) mass is 277 g/mol. The van der Waals surface area contributed by atoms with Gasteiger partial charge in [-0.05, 0) is 12.5 Å². The summed E-state index contributed by atoms with van der Waals surface area (Å²) in [5, 5.41) is 0. The lowest BCUT2D eigenvalue weighted by atomic mass is 10.1. The fraction of sp³-hybridized carbons (Fsp3) is 0.533. The van der Waals surface area contributed by atoms with Gasteiger partial charge in [0, 0.05) is 31.7 Å². The Balaban J connectivity index is 1.75. The molecular formula is C15H19NO4. The Hall–Kier alpha value is -1.75. The number of ether oxygens (including phenoxy) is 3. The molecule has 0 radical (unpaired) electrons. The lowest BCUT2D eigenvalue weighted by Gasteiger charge is -2.22. The van der Waals surface area contributed by atoms with Gasteiger partial charge in [-0.25, -0.2) is 0 Å². The van der Waals surface area contributed by atoms with E-state index < -0.39 is 0 Å². The number of amides is 1. The zero-order valence-electron chi connectivity index (χ0n) is 11.8. The molecule has 1 aromatic rings. The second-order valence-corrected chi connectivity index (χ2v) is 5.22. The fourth-order valence-corrected chi connectivity index (χ4v) is 2.74. The van der Waals surface area contributed by atoms with E-state index in [1.807, 2.05) is 19.2 Å². The van der Waals surface area contributed by atoms with Crippen LogP contribution in [0.25, 0.3) is 0 Å². The smallest absolute Gasteiger partial charge is 0.248 e. The third-order valence-corrected chi connectivity index (χ3v) is 3.91. The molecule has 0 aromatic heterocycles. The largest absolute Gasteiger partial charge is 0.486 e. The lowest BCUT2D eigenvalue weighted by molar-refractivity contribution is -0.134. The minimum atomic E-state index is 0.0157. The maximum atomic E-state index is 11.8. The fourth-order valence-electron chi connectivity index (χ4n) is 2.74. The van der Waals surface area contributed by atoms with E-state index in [4.69, 9.17) is 14.2 Å². The Morgan fingerprint density at radius 1 is 1.40 bits per heavy atom. The topological polar surface area (TPSA) is 48.0 Å². The second kappa shape index (κ2) is 5.32. The maximum Gasteiger partial charge on any atom is 0.248 e. The van der Waals surface area contributed by atoms with Crippen molar-refractivity contribution >= 4 is 5.91 Å². The van der Waals surface area contributed by atoms with Gasteiger partial charge in [0.15, 0.2) is 11.5 Å². The molecule has 5 heteroatoms. The summed E-state index contributed by atoms with van der Waals surface area (Å²) in [7, 11) is 3.37. The molecule has 0 spiro atoms. The summed E-state index contributed by atoms with van der Waals surface area (Å²) in [5.74, 6) is 2.00. The highest BCUT2D eigenvalue weighted by atomic mass is 16.6. The minimum absolute atomic E-state index is 0.0157. The van der Waals surface area contributed by atoms with Crippen LogP contribution in [-0.4, -0.2) is 50.8 Å². The number of fused-ring (bicyclic) bond motifs is 1. The van der Waals surface area contributed by atoms with E-state index in [2.05, 4.69) is 6.07 Å². The van der Waals surface area contributed by atoms with Crippen molar-refractivity contribution in [3.05, 3.63) is 23.8 Å². The number of benzene rings is 1. The number of methoxy groups -OCH3 is 1. The van der Waals surface area contributed by atoms with Gasteiger partial charge in [0.1, 0.15) is 19.8 Å². The van der Waals surface area contributed by atoms with Crippen molar-refractivity contribution < 1.29 is 19.0 Å². The lowest BCUT2D eigenvalue weighted by Crippen LogP contribution is -2.32. The van der Waals surface area contributed by atoms with Gasteiger partial charge in [-0.3, -0.25) is 4.79 Å². The first-order chi connectivity index (χ1) is 9.72. The molecule has 2 atom stereocenters. The molecule has 3 rings (SSSR count). The van der Waals surface area contributed by atoms with E-state index in [1.165, 1.54) is 7.11 Å². The summed E-state index contributed by atoms with van der Waals surface area (Å²) in [6.45, 7) is 1.31. The first kappa shape index (κ1) is 13.2.